The molecule has 0 saturated carbocycles. The minimum Gasteiger partial charge on any atom is -0.493 e. The van der Waals surface area contributed by atoms with Crippen LogP contribution in [0.4, 0.5) is 0 Å². The van der Waals surface area contributed by atoms with Gasteiger partial charge in [0.1, 0.15) is 25.2 Å². The number of rotatable bonds is 13. The fourth-order valence-electron chi connectivity index (χ4n) is 2.52. The molecule has 0 radical (unpaired) electrons. The van der Waals surface area contributed by atoms with Gasteiger partial charge in [-0.05, 0) is 70.2 Å². The molecule has 0 N–H and O–H groups in total. The molecular formula is C21H33NO4. The average molecular weight is 363 g/mol. The van der Waals surface area contributed by atoms with Crippen molar-refractivity contribution in [2.45, 2.75) is 47.0 Å². The summed E-state index contributed by atoms with van der Waals surface area (Å²) in [6.07, 6.45) is 7.07. The van der Waals surface area contributed by atoms with Crippen LogP contribution in [0.25, 0.3) is 0 Å². The number of nitrogens with zero attached hydrogens (tertiary/aromatic N) is 1. The van der Waals surface area contributed by atoms with E-state index in [2.05, 4.69) is 23.8 Å². The highest BCUT2D eigenvalue weighted by atomic mass is 16.6. The first kappa shape index (κ1) is 22.0. The number of allylic oxidation sites excluding steroid dienone is 1. The minimum atomic E-state index is 0.519. The standard InChI is InChI=1S/C21H33NO4/c1-6-7-12-25-20-14-17(2)21(18(3)15-20)26-13-10-8-9-11-24-16-19(4)22-23-5/h6-7,14-15H,8-13,16H2,1-5H3/b7-6+,22-19+. The summed E-state index contributed by atoms with van der Waals surface area (Å²) in [5.41, 5.74) is 3.06. The van der Waals surface area contributed by atoms with E-state index in [-0.39, 0.29) is 0 Å². The summed E-state index contributed by atoms with van der Waals surface area (Å²) in [7, 11) is 1.54. The van der Waals surface area contributed by atoms with Crippen molar-refractivity contribution in [2.75, 3.05) is 33.5 Å². The second-order valence-corrected chi connectivity index (χ2v) is 6.24. The Bertz CT molecular complexity index is 558. The molecule has 0 fully saturated rings. The van der Waals surface area contributed by atoms with Gasteiger partial charge in [0.25, 0.3) is 0 Å². The molecule has 26 heavy (non-hydrogen) atoms. The highest BCUT2D eigenvalue weighted by Gasteiger charge is 2.07. The molecule has 0 heterocycles. The third kappa shape index (κ3) is 8.90. The van der Waals surface area contributed by atoms with Gasteiger partial charge in [-0.1, -0.05) is 17.3 Å². The molecule has 146 valence electrons. The Hall–Kier alpha value is -2.01. The molecule has 0 aliphatic rings. The van der Waals surface area contributed by atoms with Crippen LogP contribution in [-0.2, 0) is 9.57 Å². The van der Waals surface area contributed by atoms with Crippen LogP contribution in [0.5, 0.6) is 11.5 Å². The molecule has 0 saturated heterocycles. The molecular weight excluding hydrogens is 330 g/mol. The van der Waals surface area contributed by atoms with Gasteiger partial charge in [0, 0.05) is 6.61 Å². The Morgan fingerprint density at radius 3 is 2.38 bits per heavy atom. The predicted molar refractivity (Wildman–Crippen MR) is 107 cm³/mol. The first-order valence-electron chi connectivity index (χ1n) is 9.20. The highest BCUT2D eigenvalue weighted by molar-refractivity contribution is 5.82. The van der Waals surface area contributed by atoms with Gasteiger partial charge in [-0.15, -0.1) is 0 Å². The van der Waals surface area contributed by atoms with E-state index in [0.717, 1.165) is 54.2 Å². The van der Waals surface area contributed by atoms with Gasteiger partial charge in [0.05, 0.1) is 18.9 Å². The SMILES string of the molecule is C/C=C/COc1cc(C)c(OCCCCCOC/C(C)=N/OC)c(C)c1. The van der Waals surface area contributed by atoms with Crippen LogP contribution in [0.1, 0.15) is 44.2 Å². The number of hydrogen-bond acceptors (Lipinski definition) is 5. The van der Waals surface area contributed by atoms with Gasteiger partial charge in [0.15, 0.2) is 0 Å². The molecule has 0 spiro atoms. The van der Waals surface area contributed by atoms with E-state index in [9.17, 15) is 0 Å². The van der Waals surface area contributed by atoms with Crippen molar-refractivity contribution < 1.29 is 19.0 Å². The topological polar surface area (TPSA) is 49.3 Å². The maximum atomic E-state index is 5.98. The second kappa shape index (κ2) is 13.2. The molecule has 0 bridgehead atoms. The number of ether oxygens (including phenoxy) is 3. The maximum Gasteiger partial charge on any atom is 0.125 e. The molecule has 0 amide bonds. The Morgan fingerprint density at radius 2 is 1.73 bits per heavy atom. The Morgan fingerprint density at radius 1 is 1.04 bits per heavy atom. The Kier molecular flexibility index (Phi) is 11.2. The summed E-state index contributed by atoms with van der Waals surface area (Å²) >= 11 is 0. The van der Waals surface area contributed by atoms with E-state index in [1.165, 1.54) is 7.11 Å². The van der Waals surface area contributed by atoms with E-state index in [1.54, 1.807) is 0 Å². The van der Waals surface area contributed by atoms with Gasteiger partial charge in [-0.3, -0.25) is 0 Å². The van der Waals surface area contributed by atoms with Crippen LogP contribution in [0, 0.1) is 13.8 Å². The van der Waals surface area contributed by atoms with Gasteiger partial charge in [-0.25, -0.2) is 0 Å². The molecule has 1 aromatic rings. The van der Waals surface area contributed by atoms with Crippen molar-refractivity contribution in [2.24, 2.45) is 5.16 Å². The summed E-state index contributed by atoms with van der Waals surface area (Å²) in [6, 6.07) is 4.06. The minimum absolute atomic E-state index is 0.519. The van der Waals surface area contributed by atoms with Crippen LogP contribution in [0.15, 0.2) is 29.4 Å². The number of benzene rings is 1. The zero-order chi connectivity index (χ0) is 19.2. The van der Waals surface area contributed by atoms with Gasteiger partial charge in [-0.2, -0.15) is 0 Å². The zero-order valence-electron chi connectivity index (χ0n) is 16.8. The summed E-state index contributed by atoms with van der Waals surface area (Å²) < 4.78 is 17.2. The monoisotopic (exact) mass is 363 g/mol. The van der Waals surface area contributed by atoms with E-state index in [0.29, 0.717) is 19.8 Å². The maximum absolute atomic E-state index is 5.98. The van der Waals surface area contributed by atoms with E-state index in [4.69, 9.17) is 14.2 Å². The van der Waals surface area contributed by atoms with Crippen molar-refractivity contribution in [1.29, 1.82) is 0 Å². The lowest BCUT2D eigenvalue weighted by Gasteiger charge is -2.14. The van der Waals surface area contributed by atoms with Crippen molar-refractivity contribution in [1.82, 2.24) is 0 Å². The summed E-state index contributed by atoms with van der Waals surface area (Å²) in [5.74, 6) is 1.85. The summed E-state index contributed by atoms with van der Waals surface area (Å²) in [5, 5.41) is 3.81. The number of hydrogen-bond donors (Lipinski definition) is 0. The van der Waals surface area contributed by atoms with Crippen molar-refractivity contribution >= 4 is 5.71 Å². The first-order chi connectivity index (χ1) is 12.6. The van der Waals surface area contributed by atoms with E-state index >= 15 is 0 Å². The third-order valence-corrected chi connectivity index (χ3v) is 3.75. The predicted octanol–water partition coefficient (Wildman–Crippen LogP) is 4.85. The lowest BCUT2D eigenvalue weighted by Crippen LogP contribution is -2.07. The smallest absolute Gasteiger partial charge is 0.125 e. The summed E-state index contributed by atoms with van der Waals surface area (Å²) in [4.78, 5) is 4.69. The fourth-order valence-corrected chi connectivity index (χ4v) is 2.52. The van der Waals surface area contributed by atoms with Gasteiger partial charge in [0.2, 0.25) is 0 Å². The molecule has 5 nitrogen and oxygen atoms in total. The second-order valence-electron chi connectivity index (χ2n) is 6.24. The van der Waals surface area contributed by atoms with Crippen molar-refractivity contribution in [3.8, 4) is 11.5 Å². The Labute approximate surface area is 158 Å². The van der Waals surface area contributed by atoms with Crippen molar-refractivity contribution in [3.63, 3.8) is 0 Å². The lowest BCUT2D eigenvalue weighted by atomic mass is 10.1. The normalized spacial score (nSPS) is 11.8. The first-order valence-corrected chi connectivity index (χ1v) is 9.20. The van der Waals surface area contributed by atoms with Gasteiger partial charge >= 0.3 is 0 Å². The molecule has 0 aliphatic carbocycles. The largest absolute Gasteiger partial charge is 0.493 e. The molecule has 1 rings (SSSR count). The quantitative estimate of drug-likeness (QED) is 0.218. The highest BCUT2D eigenvalue weighted by Crippen LogP contribution is 2.28. The molecule has 5 heteroatoms. The number of unbranched alkanes of at least 4 members (excludes halogenated alkanes) is 2. The number of aryl methyl sites for hydroxylation is 2. The van der Waals surface area contributed by atoms with Gasteiger partial charge < -0.3 is 19.0 Å². The zero-order valence-corrected chi connectivity index (χ0v) is 16.8. The van der Waals surface area contributed by atoms with Crippen LogP contribution < -0.4 is 9.47 Å². The molecule has 0 atom stereocenters. The van der Waals surface area contributed by atoms with E-state index < -0.39 is 0 Å². The van der Waals surface area contributed by atoms with Crippen LogP contribution in [0.2, 0.25) is 0 Å². The van der Waals surface area contributed by atoms with Crippen LogP contribution in [-0.4, -0.2) is 39.2 Å². The molecule has 0 aliphatic heterocycles. The fraction of sp³-hybridized carbons (Fsp3) is 0.571. The van der Waals surface area contributed by atoms with Crippen LogP contribution >= 0.6 is 0 Å². The third-order valence-electron chi connectivity index (χ3n) is 3.75. The van der Waals surface area contributed by atoms with E-state index in [1.807, 2.05) is 38.1 Å². The number of oxime groups is 1. The van der Waals surface area contributed by atoms with Crippen molar-refractivity contribution in [3.05, 3.63) is 35.4 Å². The molecule has 1 aromatic carbocycles. The summed E-state index contributed by atoms with van der Waals surface area (Å²) in [6.45, 7) is 10.5. The average Bonchev–Trinajstić information content (AvgIpc) is 2.59. The molecule has 0 unspecified atom stereocenters. The molecule has 0 aromatic heterocycles. The lowest BCUT2D eigenvalue weighted by molar-refractivity contribution is 0.156. The van der Waals surface area contributed by atoms with Crippen LogP contribution in [0.3, 0.4) is 0 Å². The Balaban J connectivity index is 2.25.